The molecule has 2 aliphatic rings. The second-order valence-corrected chi connectivity index (χ2v) is 9.80. The van der Waals surface area contributed by atoms with Crippen LogP contribution in [0.25, 0.3) is 11.1 Å². The van der Waals surface area contributed by atoms with Crippen molar-refractivity contribution in [1.82, 2.24) is 10.6 Å². The van der Waals surface area contributed by atoms with Crippen LogP contribution in [0.15, 0.2) is 42.5 Å². The minimum Gasteiger partial charge on any atom is -0.496 e. The van der Waals surface area contributed by atoms with Crippen LogP contribution >= 0.6 is 0 Å². The fraction of sp³-hybridized carbons (Fsp3) is 0.455. The summed E-state index contributed by atoms with van der Waals surface area (Å²) in [6, 6.07) is 15.1. The molecule has 0 aromatic heterocycles. The summed E-state index contributed by atoms with van der Waals surface area (Å²) < 4.78 is 31.1. The fourth-order valence-corrected chi connectivity index (χ4v) is 4.72. The van der Waals surface area contributed by atoms with Gasteiger partial charge >= 0.3 is 0 Å². The minimum atomic E-state index is -3.33. The summed E-state index contributed by atoms with van der Waals surface area (Å²) in [7, 11) is -1.70. The first-order valence-corrected chi connectivity index (χ1v) is 12.0. The van der Waals surface area contributed by atoms with Gasteiger partial charge in [-0.1, -0.05) is 24.3 Å². The van der Waals surface area contributed by atoms with E-state index in [2.05, 4.69) is 39.6 Å². The number of piperidine rings is 1. The first kappa shape index (κ1) is 20.2. The summed E-state index contributed by atoms with van der Waals surface area (Å²) in [5.74, 6) is 1.30. The predicted molar refractivity (Wildman–Crippen MR) is 117 cm³/mol. The third-order valence-corrected chi connectivity index (χ3v) is 6.34. The van der Waals surface area contributed by atoms with Gasteiger partial charge in [0.1, 0.15) is 5.75 Å². The van der Waals surface area contributed by atoms with Crippen molar-refractivity contribution < 1.29 is 13.2 Å². The second kappa shape index (κ2) is 8.34. The molecule has 2 aromatic carbocycles. The monoisotopic (exact) mass is 415 g/mol. The molecule has 3 N–H and O–H groups in total. The summed E-state index contributed by atoms with van der Waals surface area (Å²) in [6.07, 6.45) is 4.76. The number of sulfonamides is 1. The Bertz CT molecular complexity index is 954. The van der Waals surface area contributed by atoms with Gasteiger partial charge in [0.25, 0.3) is 0 Å². The lowest BCUT2D eigenvalue weighted by Crippen LogP contribution is -2.41. The van der Waals surface area contributed by atoms with E-state index in [1.54, 1.807) is 19.2 Å². The van der Waals surface area contributed by atoms with Crippen LogP contribution in [0.5, 0.6) is 5.75 Å². The number of anilines is 1. The Morgan fingerprint density at radius 3 is 2.45 bits per heavy atom. The second-order valence-electron chi connectivity index (χ2n) is 8.05. The highest BCUT2D eigenvalue weighted by atomic mass is 32.2. The van der Waals surface area contributed by atoms with Crippen LogP contribution in [0, 0.1) is 0 Å². The molecule has 2 fully saturated rings. The van der Waals surface area contributed by atoms with Crippen molar-refractivity contribution in [3.05, 3.63) is 48.0 Å². The Kier molecular flexibility index (Phi) is 5.81. The summed E-state index contributed by atoms with van der Waals surface area (Å²) >= 11 is 0. The van der Waals surface area contributed by atoms with Gasteiger partial charge in [-0.3, -0.25) is 4.72 Å². The molecule has 2 aromatic rings. The van der Waals surface area contributed by atoms with E-state index in [-0.39, 0.29) is 0 Å². The van der Waals surface area contributed by atoms with Crippen molar-refractivity contribution in [2.24, 2.45) is 0 Å². The SMILES string of the molecule is COc1ccc(NS(C)(=O)=O)cc1-c1ccc([C@@H]2C[C@@H]2NC2CCNCC2)cc1. The minimum absolute atomic E-state index is 0.529. The molecule has 1 saturated heterocycles. The fourth-order valence-electron chi connectivity index (χ4n) is 4.16. The van der Waals surface area contributed by atoms with Crippen molar-refractivity contribution >= 4 is 15.7 Å². The van der Waals surface area contributed by atoms with Crippen molar-refractivity contribution in [1.29, 1.82) is 0 Å². The third-order valence-electron chi connectivity index (χ3n) is 5.73. The number of methoxy groups -OCH3 is 1. The van der Waals surface area contributed by atoms with Crippen LogP contribution in [0.1, 0.15) is 30.7 Å². The molecule has 1 saturated carbocycles. The molecule has 7 heteroatoms. The molecule has 1 heterocycles. The van der Waals surface area contributed by atoms with Crippen molar-refractivity contribution in [2.45, 2.75) is 37.3 Å². The quantitative estimate of drug-likeness (QED) is 0.648. The molecule has 0 amide bonds. The molecule has 4 rings (SSSR count). The van der Waals surface area contributed by atoms with E-state index in [0.29, 0.717) is 29.4 Å². The highest BCUT2D eigenvalue weighted by Gasteiger charge is 2.39. The molecule has 0 radical (unpaired) electrons. The van der Waals surface area contributed by atoms with Crippen LogP contribution < -0.4 is 20.1 Å². The Balaban J connectivity index is 1.47. The molecule has 156 valence electrons. The van der Waals surface area contributed by atoms with Crippen LogP contribution in [0.4, 0.5) is 5.69 Å². The lowest BCUT2D eigenvalue weighted by atomic mass is 10.0. The summed E-state index contributed by atoms with van der Waals surface area (Å²) in [6.45, 7) is 2.22. The number of hydrogen-bond donors (Lipinski definition) is 3. The maximum absolute atomic E-state index is 11.6. The molecule has 0 spiro atoms. The first-order valence-electron chi connectivity index (χ1n) is 10.2. The predicted octanol–water partition coefficient (Wildman–Crippen LogP) is 2.93. The van der Waals surface area contributed by atoms with E-state index in [9.17, 15) is 8.42 Å². The molecule has 0 unspecified atom stereocenters. The van der Waals surface area contributed by atoms with Gasteiger partial charge in [0, 0.05) is 29.3 Å². The zero-order valence-electron chi connectivity index (χ0n) is 16.9. The Labute approximate surface area is 173 Å². The molecule has 1 aliphatic heterocycles. The normalized spacial score (nSPS) is 22.3. The standard InChI is InChI=1S/C22H29N3O3S/c1-28-22-8-7-18(25-29(2,26)27)13-20(22)16-5-3-15(4-6-16)19-14-21(19)24-17-9-11-23-12-10-17/h3-8,13,17,19,21,23-25H,9-12,14H2,1-2H3/t19-,21-/m0/s1. The van der Waals surface area contributed by atoms with Gasteiger partial charge in [-0.15, -0.1) is 0 Å². The molecule has 6 nitrogen and oxygen atoms in total. The summed E-state index contributed by atoms with van der Waals surface area (Å²) in [4.78, 5) is 0. The molecule has 1 aliphatic carbocycles. The number of ether oxygens (including phenoxy) is 1. The summed E-state index contributed by atoms with van der Waals surface area (Å²) in [5.41, 5.74) is 3.75. The Morgan fingerprint density at radius 2 is 1.79 bits per heavy atom. The van der Waals surface area contributed by atoms with Crippen molar-refractivity contribution in [2.75, 3.05) is 31.2 Å². The Hall–Kier alpha value is -2.09. The van der Waals surface area contributed by atoms with Gasteiger partial charge in [0.15, 0.2) is 0 Å². The highest BCUT2D eigenvalue weighted by Crippen LogP contribution is 2.42. The zero-order chi connectivity index (χ0) is 20.4. The van der Waals surface area contributed by atoms with Crippen molar-refractivity contribution in [3.63, 3.8) is 0 Å². The average Bonchev–Trinajstić information content (AvgIpc) is 3.47. The smallest absolute Gasteiger partial charge is 0.229 e. The average molecular weight is 416 g/mol. The van der Waals surface area contributed by atoms with E-state index in [4.69, 9.17) is 4.74 Å². The van der Waals surface area contributed by atoms with Crippen LogP contribution in [0.3, 0.4) is 0 Å². The van der Waals surface area contributed by atoms with Gasteiger partial charge < -0.3 is 15.4 Å². The van der Waals surface area contributed by atoms with Gasteiger partial charge in [-0.05, 0) is 61.7 Å². The largest absolute Gasteiger partial charge is 0.496 e. The number of rotatable bonds is 7. The van der Waals surface area contributed by atoms with Crippen LogP contribution in [-0.4, -0.2) is 47.0 Å². The maximum atomic E-state index is 11.6. The third kappa shape index (κ3) is 5.10. The van der Waals surface area contributed by atoms with Crippen LogP contribution in [0.2, 0.25) is 0 Å². The first-order chi connectivity index (χ1) is 13.9. The number of nitrogens with one attached hydrogen (secondary N) is 3. The van der Waals surface area contributed by atoms with E-state index in [1.807, 2.05) is 6.07 Å². The van der Waals surface area contributed by atoms with Gasteiger partial charge in [-0.2, -0.15) is 0 Å². The van der Waals surface area contributed by atoms with Gasteiger partial charge in [-0.25, -0.2) is 8.42 Å². The summed E-state index contributed by atoms with van der Waals surface area (Å²) in [5, 5.41) is 7.22. The molecule has 0 bridgehead atoms. The Morgan fingerprint density at radius 1 is 1.07 bits per heavy atom. The van der Waals surface area contributed by atoms with E-state index in [0.717, 1.165) is 30.5 Å². The van der Waals surface area contributed by atoms with Crippen LogP contribution in [-0.2, 0) is 10.0 Å². The van der Waals surface area contributed by atoms with E-state index >= 15 is 0 Å². The molecule has 2 atom stereocenters. The molecular formula is C22H29N3O3S. The van der Waals surface area contributed by atoms with E-state index < -0.39 is 10.0 Å². The maximum Gasteiger partial charge on any atom is 0.229 e. The topological polar surface area (TPSA) is 79.5 Å². The van der Waals surface area contributed by atoms with Gasteiger partial charge in [0.05, 0.1) is 13.4 Å². The van der Waals surface area contributed by atoms with E-state index in [1.165, 1.54) is 24.8 Å². The van der Waals surface area contributed by atoms with Gasteiger partial charge in [0.2, 0.25) is 10.0 Å². The lowest BCUT2D eigenvalue weighted by molar-refractivity contribution is 0.383. The molecule has 29 heavy (non-hydrogen) atoms. The van der Waals surface area contributed by atoms with Crippen molar-refractivity contribution in [3.8, 4) is 16.9 Å². The number of benzene rings is 2. The number of hydrogen-bond acceptors (Lipinski definition) is 5. The zero-order valence-corrected chi connectivity index (χ0v) is 17.8. The molecular weight excluding hydrogens is 386 g/mol. The lowest BCUT2D eigenvalue weighted by Gasteiger charge is -2.24. The highest BCUT2D eigenvalue weighted by molar-refractivity contribution is 7.92.